The van der Waals surface area contributed by atoms with Crippen molar-refractivity contribution in [1.29, 1.82) is 0 Å². The summed E-state index contributed by atoms with van der Waals surface area (Å²) in [7, 11) is 0. The topological polar surface area (TPSA) is 9.23 Å². The molecule has 1 nitrogen and oxygen atoms in total. The summed E-state index contributed by atoms with van der Waals surface area (Å²) in [5.74, 6) is 0.464. The molecule has 0 aromatic rings. The van der Waals surface area contributed by atoms with E-state index in [-0.39, 0.29) is 0 Å². The van der Waals surface area contributed by atoms with Gasteiger partial charge in [-0.3, -0.25) is 0 Å². The second kappa shape index (κ2) is 4.80. The zero-order chi connectivity index (χ0) is 6.57. The van der Waals surface area contributed by atoms with Gasteiger partial charge in [0.15, 0.2) is 0 Å². The van der Waals surface area contributed by atoms with Gasteiger partial charge in [-0.15, -0.1) is 0 Å². The Balaban J connectivity index is 3.10. The van der Waals surface area contributed by atoms with Crippen LogP contribution >= 0.6 is 0 Å². The standard InChI is InChI=1S/C4H9.2Al.FH.O.2H/c1-4(2)3;;;;;;/h4H,1H2,2-3H3;;;1H;;;/q;;+1;;;;/p-1. The molecule has 0 rings (SSSR count). The maximum Gasteiger partial charge on any atom is 0.685 e. The van der Waals surface area contributed by atoms with E-state index in [1.54, 1.807) is 0 Å². The number of rotatable bonds is 3. The van der Waals surface area contributed by atoms with E-state index in [0.29, 0.717) is 27.8 Å². The summed E-state index contributed by atoms with van der Waals surface area (Å²) >= 11 is -1.61. The molecule has 0 saturated carbocycles. The molecule has 8 heavy (non-hydrogen) atoms. The first-order valence-corrected chi connectivity index (χ1v) is 5.37. The average molecular weight is 148 g/mol. The Morgan fingerprint density at radius 2 is 2.25 bits per heavy atom. The van der Waals surface area contributed by atoms with Crippen molar-refractivity contribution in [2.75, 3.05) is 0 Å². The Labute approximate surface area is 63.2 Å². The van der Waals surface area contributed by atoms with E-state index in [2.05, 4.69) is 2.84 Å². The summed E-state index contributed by atoms with van der Waals surface area (Å²) in [6, 6.07) is 0. The van der Waals surface area contributed by atoms with Gasteiger partial charge >= 0.3 is 31.6 Å². The van der Waals surface area contributed by atoms with Crippen molar-refractivity contribution in [3.05, 3.63) is 0 Å². The van der Waals surface area contributed by atoms with Gasteiger partial charge in [0.05, 0.1) is 0 Å². The molecule has 0 N–H and O–H groups in total. The van der Waals surface area contributed by atoms with E-state index in [9.17, 15) is 3.52 Å². The Bertz CT molecular complexity index is 60.0. The maximum absolute atomic E-state index is 12.3. The summed E-state index contributed by atoms with van der Waals surface area (Å²) in [4.78, 5) is 0. The van der Waals surface area contributed by atoms with Gasteiger partial charge in [0.2, 0.25) is 0 Å². The molecule has 0 aliphatic rings. The van der Waals surface area contributed by atoms with E-state index in [4.69, 9.17) is 0 Å². The molecule has 0 unspecified atom stereocenters. The third kappa shape index (κ3) is 5.10. The Hall–Kier alpha value is 0.955. The van der Waals surface area contributed by atoms with E-state index >= 15 is 0 Å². The molecule has 0 radical (unpaired) electrons. The molecule has 0 fully saturated rings. The SMILES string of the molecule is CC(C)[CH2][Al]([F])[O][AlH2]. The molecule has 0 aliphatic heterocycles. The van der Waals surface area contributed by atoms with Crippen molar-refractivity contribution >= 4 is 31.6 Å². The lowest BCUT2D eigenvalue weighted by molar-refractivity contribution is 0.516. The molecule has 0 bridgehead atoms. The highest BCUT2D eigenvalue weighted by Crippen LogP contribution is 2.05. The molecule has 0 aromatic heterocycles. The predicted octanol–water partition coefficient (Wildman–Crippen LogP) is 0.665. The molecular weight excluding hydrogens is 137 g/mol. The molecule has 0 aliphatic carbocycles. The van der Waals surface area contributed by atoms with Crippen molar-refractivity contribution in [2.45, 2.75) is 19.1 Å². The molecule has 4 heteroatoms. The lowest BCUT2D eigenvalue weighted by Gasteiger charge is -2.02. The minimum absolute atomic E-state index is 0.464. The molecule has 0 atom stereocenters. The van der Waals surface area contributed by atoms with Gasteiger partial charge in [0, 0.05) is 0 Å². The van der Waals surface area contributed by atoms with E-state index in [1.165, 1.54) is 0 Å². The summed E-state index contributed by atoms with van der Waals surface area (Å²) in [6.07, 6.45) is 0. The fourth-order valence-corrected chi connectivity index (χ4v) is 1.98. The second-order valence-electron chi connectivity index (χ2n) is 2.28. The highest BCUT2D eigenvalue weighted by molar-refractivity contribution is 6.48. The molecule has 0 amide bonds. The van der Waals surface area contributed by atoms with Crippen LogP contribution in [0.3, 0.4) is 0 Å². The normalized spacial score (nSPS) is 10.0. The van der Waals surface area contributed by atoms with Crippen molar-refractivity contribution in [1.82, 2.24) is 0 Å². The third-order valence-corrected chi connectivity index (χ3v) is 4.27. The number of hydrogen-bond donors (Lipinski definition) is 0. The van der Waals surface area contributed by atoms with Gasteiger partial charge in [-0.05, 0) is 5.28 Å². The minimum atomic E-state index is -2.18. The van der Waals surface area contributed by atoms with Crippen molar-refractivity contribution < 1.29 is 6.36 Å². The smallest absolute Gasteiger partial charge is 0.617 e. The Morgan fingerprint density at radius 1 is 1.75 bits per heavy atom. The van der Waals surface area contributed by atoms with Crippen molar-refractivity contribution in [2.24, 2.45) is 5.92 Å². The molecule has 0 aromatic carbocycles. The summed E-state index contributed by atoms with van der Waals surface area (Å²) in [5.41, 5.74) is 0. The van der Waals surface area contributed by atoms with Gasteiger partial charge in [-0.25, -0.2) is 0 Å². The first kappa shape index (κ1) is 8.95. The average Bonchev–Trinajstić information content (AvgIpc) is 1.65. The van der Waals surface area contributed by atoms with E-state index < -0.39 is 14.9 Å². The Kier molecular flexibility index (Phi) is 5.37. The summed E-state index contributed by atoms with van der Waals surface area (Å²) in [5, 5.41) is 0.670. The van der Waals surface area contributed by atoms with Crippen molar-refractivity contribution in [3.63, 3.8) is 0 Å². The lowest BCUT2D eigenvalue weighted by Crippen LogP contribution is -2.11. The van der Waals surface area contributed by atoms with Gasteiger partial charge in [-0.1, -0.05) is 19.8 Å². The lowest BCUT2D eigenvalue weighted by atomic mass is 10.3. The van der Waals surface area contributed by atoms with E-state index in [1.807, 2.05) is 13.8 Å². The van der Waals surface area contributed by atoms with Crippen LogP contribution in [0, 0.1) is 5.92 Å². The van der Waals surface area contributed by atoms with Gasteiger partial charge in [0.1, 0.15) is 0 Å². The number of hydrogen-bond acceptors (Lipinski definition) is 1. The van der Waals surface area contributed by atoms with Crippen LogP contribution < -0.4 is 0 Å². The molecule has 0 spiro atoms. The Morgan fingerprint density at radius 3 is 2.38 bits per heavy atom. The molecular formula is C4H11Al2FO. The van der Waals surface area contributed by atoms with Crippen LogP contribution in [0.5, 0.6) is 0 Å². The van der Waals surface area contributed by atoms with Crippen LogP contribution in [-0.2, 0) is 2.84 Å². The van der Waals surface area contributed by atoms with Crippen LogP contribution in [0.4, 0.5) is 3.52 Å². The van der Waals surface area contributed by atoms with Crippen molar-refractivity contribution in [3.8, 4) is 0 Å². The highest BCUT2D eigenvalue weighted by Gasteiger charge is 2.19. The van der Waals surface area contributed by atoms with Crippen LogP contribution in [0.2, 0.25) is 5.28 Å². The zero-order valence-electron chi connectivity index (χ0n) is 5.65. The predicted molar refractivity (Wildman–Crippen MR) is 36.1 cm³/mol. The second-order valence-corrected chi connectivity index (χ2v) is 5.45. The third-order valence-electron chi connectivity index (χ3n) is 0.912. The van der Waals surface area contributed by atoms with Gasteiger partial charge in [0.25, 0.3) is 0 Å². The fourth-order valence-electron chi connectivity index (χ4n) is 0.467. The zero-order valence-corrected chi connectivity index (χ0v) is 8.80. The highest BCUT2D eigenvalue weighted by atomic mass is 27.3. The van der Waals surface area contributed by atoms with Crippen LogP contribution in [0.25, 0.3) is 0 Å². The largest absolute Gasteiger partial charge is 0.685 e. The van der Waals surface area contributed by atoms with Gasteiger partial charge in [-0.2, -0.15) is 0 Å². The van der Waals surface area contributed by atoms with Crippen LogP contribution in [0.15, 0.2) is 0 Å². The number of halogens is 1. The van der Waals surface area contributed by atoms with Crippen LogP contribution in [-0.4, -0.2) is 31.6 Å². The first-order valence-electron chi connectivity index (χ1n) is 2.83. The molecule has 46 valence electrons. The van der Waals surface area contributed by atoms with Gasteiger partial charge < -0.3 is 6.36 Å². The quantitative estimate of drug-likeness (QED) is 0.534. The summed E-state index contributed by atoms with van der Waals surface area (Å²) < 4.78 is 17.0. The summed E-state index contributed by atoms with van der Waals surface area (Å²) in [6.45, 7) is 4.03. The monoisotopic (exact) mass is 148 g/mol. The molecule has 0 heterocycles. The first-order chi connectivity index (χ1) is 3.66. The molecule has 0 saturated heterocycles. The fraction of sp³-hybridized carbons (Fsp3) is 1.00. The van der Waals surface area contributed by atoms with E-state index in [0.717, 1.165) is 0 Å². The van der Waals surface area contributed by atoms with Crippen LogP contribution in [0.1, 0.15) is 13.8 Å². The maximum atomic E-state index is 12.3. The minimum Gasteiger partial charge on any atom is -0.617 e.